The first-order valence-corrected chi connectivity index (χ1v) is 41.1. The summed E-state index contributed by atoms with van der Waals surface area (Å²) in [5, 5.41) is 60.4. The van der Waals surface area contributed by atoms with E-state index in [0.717, 1.165) is 26.5 Å². The van der Waals surface area contributed by atoms with Crippen LogP contribution >= 0.6 is 21.6 Å². The fourth-order valence-electron chi connectivity index (χ4n) is 13.7. The summed E-state index contributed by atoms with van der Waals surface area (Å²) in [5.41, 5.74) is 10.5. The highest BCUT2D eigenvalue weighted by Crippen LogP contribution is 2.31. The second-order valence-corrected chi connectivity index (χ2v) is 33.2. The normalized spacial score (nSPS) is 29.3. The number of carboxylic acid groups (broad SMARTS) is 1. The maximum Gasteiger partial charge on any atom is 0.305 e. The molecule has 0 aromatic carbocycles. The molecule has 39 heteroatoms. The number of amides is 15. The maximum absolute atomic E-state index is 15.6. The van der Waals surface area contributed by atoms with Crippen LogP contribution in [0.5, 0.6) is 0 Å². The Morgan fingerprint density at radius 1 is 0.505 bits per heavy atom. The molecule has 15 amide bonds. The number of carbonyl (C=O) groups excluding carboxylic acids is 15. The van der Waals surface area contributed by atoms with Gasteiger partial charge in [-0.1, -0.05) is 110 Å². The average molecular weight is 1610 g/mol. The van der Waals surface area contributed by atoms with Gasteiger partial charge in [0.15, 0.2) is 5.96 Å². The minimum Gasteiger partial charge on any atom is -0.481 e. The first-order valence-electron chi connectivity index (χ1n) is 38.6. The van der Waals surface area contributed by atoms with E-state index in [2.05, 4.69) is 63.5 Å². The van der Waals surface area contributed by atoms with Gasteiger partial charge in [-0.2, -0.15) is 0 Å². The van der Waals surface area contributed by atoms with Crippen molar-refractivity contribution in [3.63, 3.8) is 0 Å². The van der Waals surface area contributed by atoms with Crippen LogP contribution in [0.4, 0.5) is 0 Å². The van der Waals surface area contributed by atoms with Crippen molar-refractivity contribution in [2.24, 2.45) is 39.6 Å². The molecule has 624 valence electrons. The number of nitrogens with two attached hydrogens (primary N) is 2. The van der Waals surface area contributed by atoms with Crippen molar-refractivity contribution in [1.29, 1.82) is 0 Å². The number of aliphatic imine (C=N–C) groups is 1. The monoisotopic (exact) mass is 1600 g/mol. The lowest BCUT2D eigenvalue weighted by molar-refractivity contribution is -0.149. The fourth-order valence-corrected chi connectivity index (χ4v) is 16.2. The van der Waals surface area contributed by atoms with Crippen LogP contribution in [-0.4, -0.2) is 285 Å². The zero-order valence-corrected chi connectivity index (χ0v) is 67.4. The molecule has 37 nitrogen and oxygen atoms in total. The molecule has 0 unspecified atom stereocenters. The Labute approximate surface area is 656 Å². The summed E-state index contributed by atoms with van der Waals surface area (Å²) in [6.07, 6.45) is 1.90. The van der Waals surface area contributed by atoms with Crippen molar-refractivity contribution in [2.45, 2.75) is 263 Å². The Kier molecular flexibility index (Phi) is 37.4. The molecule has 2 bridgehead atoms. The maximum atomic E-state index is 15.6. The second-order valence-electron chi connectivity index (χ2n) is 30.7. The minimum absolute atomic E-state index is 0.000424. The van der Waals surface area contributed by atoms with Crippen molar-refractivity contribution in [3.05, 3.63) is 0 Å². The van der Waals surface area contributed by atoms with Crippen molar-refractivity contribution < 1.29 is 92.0 Å². The van der Waals surface area contributed by atoms with Crippen LogP contribution in [-0.2, 0) is 76.7 Å². The lowest BCUT2D eigenvalue weighted by Gasteiger charge is -2.36. The molecule has 5 aliphatic heterocycles. The number of rotatable bonds is 15. The summed E-state index contributed by atoms with van der Waals surface area (Å²) in [6, 6.07) is -20.6. The Bertz CT molecular complexity index is 3350. The first-order chi connectivity index (χ1) is 52.4. The summed E-state index contributed by atoms with van der Waals surface area (Å²) >= 11 is 0. The molecule has 0 saturated carbocycles. The van der Waals surface area contributed by atoms with Crippen LogP contribution in [0.15, 0.2) is 4.99 Å². The van der Waals surface area contributed by atoms with Crippen LogP contribution in [0.3, 0.4) is 0 Å². The summed E-state index contributed by atoms with van der Waals surface area (Å²) in [4.78, 5) is 241. The topological polar surface area (TPSA) is 543 Å². The van der Waals surface area contributed by atoms with Crippen molar-refractivity contribution >= 4 is 122 Å². The van der Waals surface area contributed by atoms with E-state index in [-0.39, 0.29) is 121 Å². The Hall–Kier alpha value is -8.59. The SMILES string of the molecule is CC[C@H](C)[C@@H]1NC(=O)[C@H](C)NC(=O)CCCCCNC(=O)[C@H](CC(=O)O)NC(=O)[C@@H]2CCCN2C(=O)[C@H]([C@@H](C)CC)NC(=O)[C@@H]2CSSC[C@H](NC1=O)C(=O)N[C@@H](CO)C(=O)N[C@@H](CCCN=C(N)N)C(=O)N[C@@H](CO)C(=O)N[C@@H](CC(C)(C)C)C(=O)N1CCC[C@H]1C(=O)N1CCC[C@H]1C(=O)N[C@@H]([C@@H](C)CC)C(=O)N2C. The lowest BCUT2D eigenvalue weighted by Crippen LogP contribution is -2.62. The van der Waals surface area contributed by atoms with Gasteiger partial charge in [0.05, 0.1) is 19.6 Å². The van der Waals surface area contributed by atoms with Gasteiger partial charge in [0.25, 0.3) is 0 Å². The minimum atomic E-state index is -1.92. The van der Waals surface area contributed by atoms with Crippen LogP contribution in [0.1, 0.15) is 178 Å². The predicted molar refractivity (Wildman–Crippen MR) is 411 cm³/mol. The van der Waals surface area contributed by atoms with E-state index in [4.69, 9.17) is 11.5 Å². The number of carboxylic acids is 1. The summed E-state index contributed by atoms with van der Waals surface area (Å²) in [5.74, 6) is -17.4. The molecule has 0 aromatic rings. The van der Waals surface area contributed by atoms with Crippen LogP contribution in [0.25, 0.3) is 0 Å². The summed E-state index contributed by atoms with van der Waals surface area (Å²) in [7, 11) is 3.06. The number of aliphatic carboxylic acids is 1. The Balaban J connectivity index is 1.71. The van der Waals surface area contributed by atoms with Crippen LogP contribution in [0, 0.1) is 23.2 Å². The number of nitrogens with zero attached hydrogens (tertiary/aromatic N) is 5. The van der Waals surface area contributed by atoms with Gasteiger partial charge in [-0.25, -0.2) is 0 Å². The van der Waals surface area contributed by atoms with E-state index >= 15 is 19.2 Å². The quantitative estimate of drug-likeness (QED) is 0.0333. The Morgan fingerprint density at radius 2 is 0.973 bits per heavy atom. The first kappa shape index (κ1) is 93.0. The highest BCUT2D eigenvalue weighted by molar-refractivity contribution is 8.76. The number of fused-ring (bicyclic) bond motifs is 8. The Morgan fingerprint density at radius 3 is 1.52 bits per heavy atom. The smallest absolute Gasteiger partial charge is 0.305 e. The van der Waals surface area contributed by atoms with E-state index in [1.807, 2.05) is 0 Å². The number of hydrogen-bond donors (Lipinski definition) is 16. The number of guanidine groups is 1. The third-order valence-corrected chi connectivity index (χ3v) is 23.3. The molecular formula is C72H120N18O19S2. The largest absolute Gasteiger partial charge is 0.481 e. The van der Waals surface area contributed by atoms with Gasteiger partial charge in [0, 0.05) is 57.7 Å². The molecule has 111 heavy (non-hydrogen) atoms. The molecule has 0 radical (unpaired) electrons. The van der Waals surface area contributed by atoms with Crippen molar-refractivity contribution in [1.82, 2.24) is 78.1 Å². The molecular weight excluding hydrogens is 1490 g/mol. The number of aliphatic hydroxyl groups is 2. The molecule has 0 aliphatic carbocycles. The average Bonchev–Trinajstić information content (AvgIpc) is 1.69. The van der Waals surface area contributed by atoms with Gasteiger partial charge in [-0.05, 0) is 101 Å². The molecule has 18 N–H and O–H groups in total. The third kappa shape index (κ3) is 27.4. The van der Waals surface area contributed by atoms with Gasteiger partial charge in [-0.15, -0.1) is 0 Å². The van der Waals surface area contributed by atoms with E-state index in [1.165, 1.54) is 28.7 Å². The van der Waals surface area contributed by atoms with Gasteiger partial charge >= 0.3 is 5.97 Å². The van der Waals surface area contributed by atoms with Gasteiger partial charge in [0.1, 0.15) is 84.6 Å². The fraction of sp³-hybridized carbons (Fsp3) is 0.764. The highest BCUT2D eigenvalue weighted by Gasteiger charge is 2.48. The molecule has 0 aromatic heterocycles. The van der Waals surface area contributed by atoms with E-state index in [1.54, 1.807) is 62.3 Å². The zero-order valence-electron chi connectivity index (χ0n) is 65.8. The van der Waals surface area contributed by atoms with Crippen molar-refractivity contribution in [3.8, 4) is 0 Å². The lowest BCUT2D eigenvalue weighted by atomic mass is 9.87. The molecule has 5 fully saturated rings. The molecule has 5 aliphatic rings. The number of nitrogens with one attached hydrogen (secondary N) is 11. The molecule has 5 rings (SSSR count). The van der Waals surface area contributed by atoms with Gasteiger partial charge in [-0.3, -0.25) is 81.7 Å². The highest BCUT2D eigenvalue weighted by atomic mass is 33.1. The number of aliphatic hydroxyl groups excluding tert-OH is 2. The molecule has 5 saturated heterocycles. The summed E-state index contributed by atoms with van der Waals surface area (Å²) < 4.78 is 0. The van der Waals surface area contributed by atoms with Crippen molar-refractivity contribution in [2.75, 3.05) is 64.5 Å². The molecule has 5 heterocycles. The number of carbonyl (C=O) groups is 16. The van der Waals surface area contributed by atoms with Gasteiger partial charge in [0.2, 0.25) is 88.6 Å². The standard InChI is InChI=1S/C72H120N18O19S2/c1-12-38(4)54-66(105)83-47-36-110-111-37-51(65(104)86-56(40(6)14-3)70(109)89-30-20-23-48(89)63(102)79-43(32-53(94)95)58(97)75-27-17-15-16-26-52(93)77-41(7)57(96)84-54)87(11)69(108)55(39(5)13-2)85-64(103)49-24-19-29-88(49)68(107)50-25-21-31-90(50)67(106)44(33-72(8,9)10)80-61(100)46(35-92)81-59(98)42(22-18-28-76-71(73)74)78-60(99)45(34-91)82-62(47)101/h38-51,54-56,91-92H,12-37H2,1-11H3,(H,75,97)(H,77,93)(H,78,99)(H,79,102)(H,80,100)(H,81,98)(H,82,101)(H,83,105)(H,84,96)(H,85,103)(H,86,104)(H,94,95)(H4,73,74,76)/t38-,39-,40-,41-,42-,43-,44-,45-,46-,47-,48-,49-,50-,51-,54-,55-,56-/m0/s1. The van der Waals surface area contributed by atoms with Gasteiger partial charge < -0.3 is 105 Å². The van der Waals surface area contributed by atoms with E-state index in [9.17, 15) is 72.9 Å². The second kappa shape index (κ2) is 44.6. The summed E-state index contributed by atoms with van der Waals surface area (Å²) in [6.45, 7) is 14.9. The zero-order chi connectivity index (χ0) is 82.7. The predicted octanol–water partition coefficient (Wildman–Crippen LogP) is -3.17. The third-order valence-electron chi connectivity index (χ3n) is 20.9. The van der Waals surface area contributed by atoms with Crippen LogP contribution < -0.4 is 70.0 Å². The molecule has 17 atom stereocenters. The number of hydrogen-bond acceptors (Lipinski definition) is 21. The number of likely N-dealkylation sites (N-methyl/N-ethyl adjacent to an activating group) is 1. The molecule has 0 spiro atoms. The van der Waals surface area contributed by atoms with E-state index in [0.29, 0.717) is 25.7 Å². The van der Waals surface area contributed by atoms with Crippen LogP contribution in [0.2, 0.25) is 0 Å². The van der Waals surface area contributed by atoms with E-state index < -0.39 is 228 Å².